The summed E-state index contributed by atoms with van der Waals surface area (Å²) in [6.07, 6.45) is 0. The van der Waals surface area contributed by atoms with Crippen molar-refractivity contribution in [1.82, 2.24) is 20.6 Å². The number of carbonyl (C=O) groups is 1. The van der Waals surface area contributed by atoms with Crippen molar-refractivity contribution in [3.8, 4) is 0 Å². The van der Waals surface area contributed by atoms with Gasteiger partial charge in [0, 0.05) is 18.5 Å². The Morgan fingerprint density at radius 2 is 1.37 bits per heavy atom. The van der Waals surface area contributed by atoms with E-state index in [-0.39, 0.29) is 5.91 Å². The normalized spacial score (nSPS) is 11.0. The molecule has 5 nitrogen and oxygen atoms in total. The van der Waals surface area contributed by atoms with Gasteiger partial charge in [-0.15, -0.1) is 0 Å². The SMILES string of the molecule is O=C(NN(Cc1ccccc1)Cc1ccccc1)c1n[nH]c2ccccc12. The molecule has 0 aliphatic rings. The van der Waals surface area contributed by atoms with Crippen LogP contribution in [0.5, 0.6) is 0 Å². The van der Waals surface area contributed by atoms with Crippen LogP contribution in [0.4, 0.5) is 0 Å². The van der Waals surface area contributed by atoms with E-state index in [2.05, 4.69) is 15.6 Å². The summed E-state index contributed by atoms with van der Waals surface area (Å²) in [4.78, 5) is 12.9. The second-order valence-electron chi connectivity index (χ2n) is 6.39. The zero-order valence-corrected chi connectivity index (χ0v) is 14.8. The van der Waals surface area contributed by atoms with E-state index in [1.54, 1.807) is 0 Å². The Morgan fingerprint density at radius 1 is 0.815 bits per heavy atom. The lowest BCUT2D eigenvalue weighted by atomic mass is 10.2. The third-order valence-electron chi connectivity index (χ3n) is 4.38. The van der Waals surface area contributed by atoms with Crippen LogP contribution in [0.3, 0.4) is 0 Å². The van der Waals surface area contributed by atoms with Crippen LogP contribution in [0.15, 0.2) is 84.9 Å². The average molecular weight is 356 g/mol. The first-order valence-corrected chi connectivity index (χ1v) is 8.86. The predicted molar refractivity (Wildman–Crippen MR) is 106 cm³/mol. The minimum Gasteiger partial charge on any atom is -0.283 e. The number of fused-ring (bicyclic) bond motifs is 1. The minimum absolute atomic E-state index is 0.223. The number of rotatable bonds is 6. The van der Waals surface area contributed by atoms with E-state index in [1.807, 2.05) is 89.9 Å². The quantitative estimate of drug-likeness (QED) is 0.515. The van der Waals surface area contributed by atoms with Crippen LogP contribution in [-0.4, -0.2) is 21.1 Å². The number of amides is 1. The van der Waals surface area contributed by atoms with Crippen LogP contribution in [-0.2, 0) is 13.1 Å². The molecule has 2 N–H and O–H groups in total. The number of nitrogens with zero attached hydrogens (tertiary/aromatic N) is 2. The molecule has 27 heavy (non-hydrogen) atoms. The van der Waals surface area contributed by atoms with Gasteiger partial charge in [-0.25, -0.2) is 5.01 Å². The summed E-state index contributed by atoms with van der Waals surface area (Å²) in [5.74, 6) is -0.223. The standard InChI is InChI=1S/C22H20N4O/c27-22(21-19-13-7-8-14-20(19)23-24-21)25-26(15-17-9-3-1-4-10-17)16-18-11-5-2-6-12-18/h1-14H,15-16H2,(H,23,24)(H,25,27). The van der Waals surface area contributed by atoms with Crippen molar-refractivity contribution in [2.24, 2.45) is 0 Å². The Bertz CT molecular complexity index is 986. The lowest BCUT2D eigenvalue weighted by Gasteiger charge is -2.23. The molecule has 0 aliphatic heterocycles. The molecular weight excluding hydrogens is 336 g/mol. The zero-order valence-electron chi connectivity index (χ0n) is 14.8. The predicted octanol–water partition coefficient (Wildman–Crippen LogP) is 3.91. The van der Waals surface area contributed by atoms with Crippen LogP contribution < -0.4 is 5.43 Å². The second-order valence-corrected chi connectivity index (χ2v) is 6.39. The Balaban J connectivity index is 1.57. The van der Waals surface area contributed by atoms with Crippen LogP contribution in [0, 0.1) is 0 Å². The van der Waals surface area contributed by atoms with Gasteiger partial charge in [0.15, 0.2) is 5.69 Å². The van der Waals surface area contributed by atoms with E-state index >= 15 is 0 Å². The first kappa shape index (κ1) is 17.0. The van der Waals surface area contributed by atoms with Crippen molar-refractivity contribution in [2.45, 2.75) is 13.1 Å². The largest absolute Gasteiger partial charge is 0.286 e. The number of carbonyl (C=O) groups excluding carboxylic acids is 1. The number of benzene rings is 3. The number of hydrogen-bond donors (Lipinski definition) is 2. The Labute approximate surface area is 157 Å². The van der Waals surface area contributed by atoms with Crippen molar-refractivity contribution in [2.75, 3.05) is 0 Å². The van der Waals surface area contributed by atoms with E-state index in [9.17, 15) is 4.79 Å². The number of para-hydroxylation sites is 1. The summed E-state index contributed by atoms with van der Waals surface area (Å²) in [5, 5.41) is 9.84. The Hall–Kier alpha value is -3.44. The van der Waals surface area contributed by atoms with Gasteiger partial charge < -0.3 is 0 Å². The van der Waals surface area contributed by atoms with Crippen LogP contribution in [0.25, 0.3) is 10.9 Å². The maximum atomic E-state index is 12.9. The molecule has 0 atom stereocenters. The fraction of sp³-hybridized carbons (Fsp3) is 0.0909. The number of nitrogens with one attached hydrogen (secondary N) is 2. The average Bonchev–Trinajstić information content (AvgIpc) is 3.14. The summed E-state index contributed by atoms with van der Waals surface area (Å²) in [6.45, 7) is 1.20. The van der Waals surface area contributed by atoms with Gasteiger partial charge in [0.25, 0.3) is 5.91 Å². The smallest absolute Gasteiger partial charge is 0.283 e. The molecule has 5 heteroatoms. The summed E-state index contributed by atoms with van der Waals surface area (Å²) >= 11 is 0. The van der Waals surface area contributed by atoms with E-state index in [4.69, 9.17) is 0 Å². The number of aromatic nitrogens is 2. The molecule has 0 bridgehead atoms. The summed E-state index contributed by atoms with van der Waals surface area (Å²) < 4.78 is 0. The van der Waals surface area contributed by atoms with Gasteiger partial charge in [0.2, 0.25) is 0 Å². The highest BCUT2D eigenvalue weighted by Crippen LogP contribution is 2.15. The molecular formula is C22H20N4O. The molecule has 0 spiro atoms. The van der Waals surface area contributed by atoms with Gasteiger partial charge >= 0.3 is 0 Å². The third kappa shape index (κ3) is 4.04. The van der Waals surface area contributed by atoms with Gasteiger partial charge in [-0.1, -0.05) is 78.9 Å². The van der Waals surface area contributed by atoms with Crippen molar-refractivity contribution in [1.29, 1.82) is 0 Å². The maximum absolute atomic E-state index is 12.9. The van der Waals surface area contributed by atoms with Crippen molar-refractivity contribution in [3.05, 3.63) is 102 Å². The van der Waals surface area contributed by atoms with Gasteiger partial charge in [0.05, 0.1) is 5.52 Å². The molecule has 0 aliphatic carbocycles. The van der Waals surface area contributed by atoms with Gasteiger partial charge in [-0.2, -0.15) is 5.10 Å². The van der Waals surface area contributed by atoms with Crippen molar-refractivity contribution >= 4 is 16.8 Å². The van der Waals surface area contributed by atoms with Crippen molar-refractivity contribution < 1.29 is 4.79 Å². The van der Waals surface area contributed by atoms with E-state index in [1.165, 1.54) is 0 Å². The van der Waals surface area contributed by atoms with Gasteiger partial charge in [-0.05, 0) is 17.2 Å². The second kappa shape index (κ2) is 7.85. The molecule has 0 unspecified atom stereocenters. The number of hydrogen-bond acceptors (Lipinski definition) is 3. The first-order valence-electron chi connectivity index (χ1n) is 8.86. The van der Waals surface area contributed by atoms with Gasteiger partial charge in [0.1, 0.15) is 0 Å². The highest BCUT2D eigenvalue weighted by molar-refractivity contribution is 6.04. The molecule has 1 heterocycles. The molecule has 0 saturated carbocycles. The van der Waals surface area contributed by atoms with Crippen molar-refractivity contribution in [3.63, 3.8) is 0 Å². The number of H-pyrrole nitrogens is 1. The molecule has 4 aromatic rings. The number of hydrazine groups is 1. The first-order chi connectivity index (χ1) is 13.3. The monoisotopic (exact) mass is 356 g/mol. The molecule has 3 aromatic carbocycles. The third-order valence-corrected chi connectivity index (χ3v) is 4.38. The van der Waals surface area contributed by atoms with Gasteiger partial charge in [-0.3, -0.25) is 15.3 Å². The van der Waals surface area contributed by atoms with E-state index in [0.717, 1.165) is 22.0 Å². The molecule has 0 fully saturated rings. The zero-order chi connectivity index (χ0) is 18.5. The summed E-state index contributed by atoms with van der Waals surface area (Å²) in [7, 11) is 0. The lowest BCUT2D eigenvalue weighted by Crippen LogP contribution is -2.41. The molecule has 1 aromatic heterocycles. The van der Waals surface area contributed by atoms with Crippen LogP contribution >= 0.6 is 0 Å². The lowest BCUT2D eigenvalue weighted by molar-refractivity contribution is 0.0755. The Morgan fingerprint density at radius 3 is 2.00 bits per heavy atom. The van der Waals surface area contributed by atoms with E-state index < -0.39 is 0 Å². The van der Waals surface area contributed by atoms with Crippen LogP contribution in [0.2, 0.25) is 0 Å². The molecule has 0 saturated heterocycles. The molecule has 4 rings (SSSR count). The van der Waals surface area contributed by atoms with Crippen LogP contribution in [0.1, 0.15) is 21.6 Å². The minimum atomic E-state index is -0.223. The topological polar surface area (TPSA) is 61.0 Å². The highest BCUT2D eigenvalue weighted by Gasteiger charge is 2.17. The fourth-order valence-electron chi connectivity index (χ4n) is 3.08. The number of aromatic amines is 1. The fourth-order valence-corrected chi connectivity index (χ4v) is 3.08. The molecule has 134 valence electrons. The summed E-state index contributed by atoms with van der Waals surface area (Å²) in [5.41, 5.74) is 6.52. The highest BCUT2D eigenvalue weighted by atomic mass is 16.2. The molecule has 1 amide bonds. The van der Waals surface area contributed by atoms with E-state index in [0.29, 0.717) is 18.8 Å². The molecule has 0 radical (unpaired) electrons. The maximum Gasteiger partial charge on any atom is 0.286 e. The Kier molecular flexibility index (Phi) is 4.94. The summed E-state index contributed by atoms with van der Waals surface area (Å²) in [6, 6.07) is 27.8.